The van der Waals surface area contributed by atoms with Gasteiger partial charge >= 0.3 is 11.9 Å². The molecular weight excluding hydrogens is 418 g/mol. The third-order valence-electron chi connectivity index (χ3n) is 3.98. The molecule has 0 saturated carbocycles. The molecule has 0 bridgehead atoms. The van der Waals surface area contributed by atoms with Gasteiger partial charge in [0.2, 0.25) is 10.0 Å². The Morgan fingerprint density at radius 2 is 2.00 bits per heavy atom. The predicted molar refractivity (Wildman–Crippen MR) is 110 cm³/mol. The Morgan fingerprint density at radius 1 is 1.31 bits per heavy atom. The van der Waals surface area contributed by atoms with Crippen molar-refractivity contribution < 1.29 is 28.2 Å². The molecule has 156 valence electrons. The fourth-order valence-electron chi connectivity index (χ4n) is 2.67. The number of aliphatic carboxylic acids is 2. The van der Waals surface area contributed by atoms with E-state index in [1.165, 1.54) is 0 Å². The molecule has 0 spiro atoms. The Kier molecular flexibility index (Phi) is 7.85. The number of nitrogens with one attached hydrogen (secondary N) is 2. The number of H-pyrrole nitrogens is 1. The number of hydrogen-bond acceptors (Lipinski definition) is 6. The number of hydrogen-bond donors (Lipinski definition) is 4. The molecule has 2 aromatic rings. The number of imidazole rings is 1. The molecule has 0 fully saturated rings. The van der Waals surface area contributed by atoms with Crippen LogP contribution in [0.2, 0.25) is 0 Å². The molecule has 29 heavy (non-hydrogen) atoms. The molecule has 11 heteroatoms. The zero-order valence-electron chi connectivity index (χ0n) is 15.5. The second kappa shape index (κ2) is 10.1. The molecule has 1 aromatic carbocycles. The third-order valence-corrected chi connectivity index (χ3v) is 6.46. The lowest BCUT2D eigenvalue weighted by molar-refractivity contribution is -0.134. The smallest absolute Gasteiger partial charge is 0.328 e. The number of carboxylic acids is 2. The summed E-state index contributed by atoms with van der Waals surface area (Å²) in [6, 6.07) is 5.80. The number of fused-ring (bicyclic) bond motifs is 1. The maximum atomic E-state index is 11.8. The molecule has 9 nitrogen and oxygen atoms in total. The lowest BCUT2D eigenvalue weighted by Crippen LogP contribution is -2.17. The number of rotatable bonds is 6. The average molecular weight is 440 g/mol. The third kappa shape index (κ3) is 6.64. The minimum Gasteiger partial charge on any atom is -0.478 e. The van der Waals surface area contributed by atoms with Crippen molar-refractivity contribution in [2.75, 3.05) is 16.2 Å². The summed E-state index contributed by atoms with van der Waals surface area (Å²) in [7, 11) is -3.26. The summed E-state index contributed by atoms with van der Waals surface area (Å²) in [5.74, 6) is -1.23. The summed E-state index contributed by atoms with van der Waals surface area (Å²) < 4.78 is 26.3. The number of carboxylic acid groups (broad SMARTS) is 2. The molecule has 4 N–H and O–H groups in total. The van der Waals surface area contributed by atoms with Crippen LogP contribution >= 0.6 is 11.8 Å². The van der Waals surface area contributed by atoms with Crippen molar-refractivity contribution in [1.82, 2.24) is 9.97 Å². The van der Waals surface area contributed by atoms with E-state index in [9.17, 15) is 18.0 Å². The minimum absolute atomic E-state index is 0.0747. The van der Waals surface area contributed by atoms with E-state index in [1.807, 2.05) is 18.3 Å². The van der Waals surface area contributed by atoms with E-state index >= 15 is 0 Å². The van der Waals surface area contributed by atoms with E-state index in [4.69, 9.17) is 10.2 Å². The molecule has 2 heterocycles. The van der Waals surface area contributed by atoms with Crippen LogP contribution in [-0.2, 0) is 19.6 Å². The monoisotopic (exact) mass is 439 g/mol. The van der Waals surface area contributed by atoms with Gasteiger partial charge in [0.25, 0.3) is 0 Å². The second-order valence-corrected chi connectivity index (χ2v) is 9.05. The Balaban J connectivity index is 0.000000321. The van der Waals surface area contributed by atoms with Gasteiger partial charge in [-0.15, -0.1) is 11.8 Å². The Labute approximate surface area is 172 Å². The summed E-state index contributed by atoms with van der Waals surface area (Å²) in [5.41, 5.74) is 2.92. The molecule has 1 unspecified atom stereocenters. The number of nitrogens with zero attached hydrogens (tertiary/aromatic N) is 1. The molecule has 1 aliphatic rings. The summed E-state index contributed by atoms with van der Waals surface area (Å²) >= 11 is 1.71. The van der Waals surface area contributed by atoms with Crippen LogP contribution in [0, 0.1) is 0 Å². The molecular formula is C18H21N3O6S2. The molecule has 0 saturated heterocycles. The lowest BCUT2D eigenvalue weighted by atomic mass is 9.93. The first-order chi connectivity index (χ1) is 13.7. The van der Waals surface area contributed by atoms with Crippen LogP contribution in [0.15, 0.2) is 47.8 Å². The molecule has 0 radical (unpaired) electrons. The van der Waals surface area contributed by atoms with Crippen molar-refractivity contribution in [3.8, 4) is 0 Å². The highest BCUT2D eigenvalue weighted by Gasteiger charge is 2.26. The molecule has 0 amide bonds. The predicted octanol–water partition coefficient (Wildman–Crippen LogP) is 2.51. The van der Waals surface area contributed by atoms with E-state index in [0.29, 0.717) is 17.8 Å². The first kappa shape index (κ1) is 22.5. The van der Waals surface area contributed by atoms with Crippen molar-refractivity contribution in [2.45, 2.75) is 24.2 Å². The van der Waals surface area contributed by atoms with Gasteiger partial charge < -0.3 is 15.2 Å². The van der Waals surface area contributed by atoms with Crippen molar-refractivity contribution in [2.24, 2.45) is 0 Å². The Bertz CT molecular complexity index is 971. The molecule has 1 aromatic heterocycles. The fraction of sp³-hybridized carbons (Fsp3) is 0.278. The van der Waals surface area contributed by atoms with Gasteiger partial charge in [-0.3, -0.25) is 4.72 Å². The quantitative estimate of drug-likeness (QED) is 0.502. The van der Waals surface area contributed by atoms with Crippen LogP contribution in [-0.4, -0.2) is 52.0 Å². The van der Waals surface area contributed by atoms with Gasteiger partial charge in [-0.25, -0.2) is 23.0 Å². The Morgan fingerprint density at radius 3 is 2.55 bits per heavy atom. The second-order valence-electron chi connectivity index (χ2n) is 5.94. The number of sulfonamides is 1. The lowest BCUT2D eigenvalue weighted by Gasteiger charge is -2.26. The normalized spacial score (nSPS) is 15.8. The van der Waals surface area contributed by atoms with Gasteiger partial charge in [-0.1, -0.05) is 12.1 Å². The van der Waals surface area contributed by atoms with Gasteiger partial charge in [0.05, 0.1) is 17.8 Å². The first-order valence-electron chi connectivity index (χ1n) is 8.62. The van der Waals surface area contributed by atoms with Crippen molar-refractivity contribution in [3.63, 3.8) is 0 Å². The van der Waals surface area contributed by atoms with Crippen LogP contribution in [0.3, 0.4) is 0 Å². The minimum atomic E-state index is -3.26. The van der Waals surface area contributed by atoms with Crippen LogP contribution in [0.25, 0.3) is 0 Å². The van der Waals surface area contributed by atoms with Crippen LogP contribution in [0.1, 0.15) is 30.5 Å². The summed E-state index contributed by atoms with van der Waals surface area (Å²) in [6.45, 7) is 1.64. The number of thioether (sulfide) groups is 1. The molecule has 0 aliphatic carbocycles. The van der Waals surface area contributed by atoms with Gasteiger partial charge in [-0.05, 0) is 30.7 Å². The highest BCUT2D eigenvalue weighted by Crippen LogP contribution is 2.44. The van der Waals surface area contributed by atoms with E-state index in [1.54, 1.807) is 25.0 Å². The van der Waals surface area contributed by atoms with Crippen molar-refractivity contribution in [3.05, 3.63) is 54.1 Å². The molecule has 1 atom stereocenters. The maximum Gasteiger partial charge on any atom is 0.328 e. The SMILES string of the molecule is CCS(=O)(=O)Nc1cccc2c1SCCC2c1cnc[nH]1.O=C(O)C=CC(=O)O. The topological polar surface area (TPSA) is 149 Å². The van der Waals surface area contributed by atoms with Crippen LogP contribution in [0.4, 0.5) is 5.69 Å². The van der Waals surface area contributed by atoms with Crippen LogP contribution < -0.4 is 4.72 Å². The summed E-state index contributed by atoms with van der Waals surface area (Å²) in [6.07, 6.45) is 5.65. The van der Waals surface area contributed by atoms with E-state index in [2.05, 4.69) is 20.8 Å². The van der Waals surface area contributed by atoms with Crippen LogP contribution in [0.5, 0.6) is 0 Å². The van der Waals surface area contributed by atoms with Crippen molar-refractivity contribution in [1.29, 1.82) is 0 Å². The highest BCUT2D eigenvalue weighted by molar-refractivity contribution is 7.99. The van der Waals surface area contributed by atoms with Gasteiger partial charge in [0.1, 0.15) is 0 Å². The number of aromatic amines is 1. The number of anilines is 1. The first-order valence-corrected chi connectivity index (χ1v) is 11.3. The van der Waals surface area contributed by atoms with E-state index < -0.39 is 22.0 Å². The molecule has 3 rings (SSSR count). The maximum absolute atomic E-state index is 11.8. The van der Waals surface area contributed by atoms with E-state index in [0.717, 1.165) is 28.3 Å². The number of benzene rings is 1. The van der Waals surface area contributed by atoms with Gasteiger partial charge in [0, 0.05) is 34.9 Å². The van der Waals surface area contributed by atoms with Crippen molar-refractivity contribution >= 4 is 39.4 Å². The highest BCUT2D eigenvalue weighted by atomic mass is 32.2. The zero-order valence-corrected chi connectivity index (χ0v) is 17.2. The fourth-order valence-corrected chi connectivity index (χ4v) is 4.59. The average Bonchev–Trinajstić information content (AvgIpc) is 3.21. The standard InChI is InChI=1S/C14H17N3O2S2.C4H4O4/c1-2-21(18,19)17-12-5-3-4-11-10(6-7-20-14(11)12)13-8-15-9-16-13;5-3(6)1-2-4(7)8/h3-5,8-10,17H,2,6-7H2,1H3,(H,15,16);1-2H,(H,5,6)(H,7,8). The summed E-state index contributed by atoms with van der Waals surface area (Å²) in [5, 5.41) is 15.6. The number of aromatic nitrogens is 2. The Hall–Kier alpha value is -2.79. The summed E-state index contributed by atoms with van der Waals surface area (Å²) in [4.78, 5) is 27.4. The van der Waals surface area contributed by atoms with E-state index in [-0.39, 0.29) is 11.7 Å². The van der Waals surface area contributed by atoms with Gasteiger partial charge in [0.15, 0.2) is 0 Å². The molecule has 1 aliphatic heterocycles. The zero-order chi connectivity index (χ0) is 21.4. The largest absolute Gasteiger partial charge is 0.478 e. The number of carbonyl (C=O) groups is 2. The van der Waals surface area contributed by atoms with Gasteiger partial charge in [-0.2, -0.15) is 0 Å².